The molecule has 1 aromatic heterocycles. The topological polar surface area (TPSA) is 107 Å². The summed E-state index contributed by atoms with van der Waals surface area (Å²) < 4.78 is 45.9. The molecule has 0 fully saturated rings. The molecule has 1 aromatic rings. The molecule has 0 atom stereocenters. The highest BCUT2D eigenvalue weighted by molar-refractivity contribution is 9.11. The van der Waals surface area contributed by atoms with Gasteiger partial charge in [-0.05, 0) is 37.9 Å². The number of hydrogen-bond acceptors (Lipinski definition) is 5. The summed E-state index contributed by atoms with van der Waals surface area (Å²) in [5.41, 5.74) is 0. The van der Waals surface area contributed by atoms with Gasteiger partial charge in [0.05, 0.1) is 16.0 Å². The lowest BCUT2D eigenvalue weighted by atomic mass is 10.5. The van der Waals surface area contributed by atoms with E-state index in [2.05, 4.69) is 36.8 Å². The van der Waals surface area contributed by atoms with Crippen molar-refractivity contribution < 1.29 is 16.8 Å². The van der Waals surface area contributed by atoms with E-state index < -0.39 is 31.4 Å². The standard InChI is InChI=1S/C7H8Br2N2O4S2/c8-5-3-6(9)7(11-4-5)16(12,13)1-2-17(10,14)15/h3-4H,1-2H2,(H2,10,14,15). The van der Waals surface area contributed by atoms with Crippen LogP contribution in [0.1, 0.15) is 0 Å². The maximum Gasteiger partial charge on any atom is 0.210 e. The first-order chi connectivity index (χ1) is 7.62. The molecule has 2 N–H and O–H groups in total. The lowest BCUT2D eigenvalue weighted by molar-refractivity contribution is 0.585. The van der Waals surface area contributed by atoms with Crippen LogP contribution >= 0.6 is 31.9 Å². The molecule has 0 aromatic carbocycles. The minimum Gasteiger partial charge on any atom is -0.242 e. The summed E-state index contributed by atoms with van der Waals surface area (Å²) in [5.74, 6) is -1.24. The van der Waals surface area contributed by atoms with Crippen molar-refractivity contribution in [1.29, 1.82) is 0 Å². The summed E-state index contributed by atoms with van der Waals surface area (Å²) in [5, 5.41) is 4.55. The van der Waals surface area contributed by atoms with Crippen molar-refractivity contribution in [3.05, 3.63) is 21.2 Å². The molecule has 0 spiro atoms. The SMILES string of the molecule is NS(=O)(=O)CCS(=O)(=O)c1ncc(Br)cc1Br. The van der Waals surface area contributed by atoms with Gasteiger partial charge in [-0.2, -0.15) is 0 Å². The Morgan fingerprint density at radius 2 is 1.76 bits per heavy atom. The Morgan fingerprint density at radius 1 is 1.18 bits per heavy atom. The molecule has 6 nitrogen and oxygen atoms in total. The fourth-order valence-electron chi connectivity index (χ4n) is 0.953. The average Bonchev–Trinajstić information content (AvgIpc) is 2.13. The van der Waals surface area contributed by atoms with Crippen molar-refractivity contribution in [2.45, 2.75) is 5.03 Å². The van der Waals surface area contributed by atoms with E-state index in [1.54, 1.807) is 0 Å². The second-order valence-electron chi connectivity index (χ2n) is 3.13. The van der Waals surface area contributed by atoms with E-state index in [0.717, 1.165) is 0 Å². The number of rotatable bonds is 4. The highest BCUT2D eigenvalue weighted by atomic mass is 79.9. The zero-order valence-electron chi connectivity index (χ0n) is 8.30. The smallest absolute Gasteiger partial charge is 0.210 e. The Morgan fingerprint density at radius 3 is 2.24 bits per heavy atom. The van der Waals surface area contributed by atoms with E-state index in [9.17, 15) is 16.8 Å². The quantitative estimate of drug-likeness (QED) is 0.789. The zero-order chi connectivity index (χ0) is 13.3. The largest absolute Gasteiger partial charge is 0.242 e. The van der Waals surface area contributed by atoms with E-state index in [0.29, 0.717) is 4.47 Å². The molecule has 0 radical (unpaired) electrons. The predicted octanol–water partition coefficient (Wildman–Crippen LogP) is 0.669. The average molecular weight is 408 g/mol. The minimum atomic E-state index is -3.82. The van der Waals surface area contributed by atoms with Crippen molar-refractivity contribution in [3.63, 3.8) is 0 Å². The Labute approximate surface area is 116 Å². The first kappa shape index (κ1) is 15.0. The maximum atomic E-state index is 11.8. The molecule has 96 valence electrons. The van der Waals surface area contributed by atoms with Crippen LogP contribution in [-0.4, -0.2) is 33.3 Å². The molecule has 1 heterocycles. The molecule has 17 heavy (non-hydrogen) atoms. The van der Waals surface area contributed by atoms with E-state index in [4.69, 9.17) is 5.14 Å². The molecule has 0 aliphatic carbocycles. The number of aromatic nitrogens is 1. The van der Waals surface area contributed by atoms with E-state index >= 15 is 0 Å². The first-order valence-electron chi connectivity index (χ1n) is 4.16. The van der Waals surface area contributed by atoms with Crippen LogP contribution in [0.5, 0.6) is 0 Å². The number of nitrogens with zero attached hydrogens (tertiary/aromatic N) is 1. The van der Waals surface area contributed by atoms with Gasteiger partial charge in [0, 0.05) is 10.7 Å². The molecule has 1 rings (SSSR count). The lowest BCUT2D eigenvalue weighted by Crippen LogP contribution is -2.23. The van der Waals surface area contributed by atoms with Gasteiger partial charge in [0.15, 0.2) is 14.9 Å². The number of hydrogen-bond donors (Lipinski definition) is 1. The van der Waals surface area contributed by atoms with Gasteiger partial charge in [0.1, 0.15) is 0 Å². The van der Waals surface area contributed by atoms with Crippen molar-refractivity contribution >= 4 is 51.7 Å². The molecule has 0 saturated heterocycles. The van der Waals surface area contributed by atoms with Crippen LogP contribution in [0.25, 0.3) is 0 Å². The van der Waals surface area contributed by atoms with E-state index in [1.165, 1.54) is 12.3 Å². The van der Waals surface area contributed by atoms with Gasteiger partial charge < -0.3 is 0 Å². The number of pyridine rings is 1. The van der Waals surface area contributed by atoms with E-state index in [-0.39, 0.29) is 9.50 Å². The van der Waals surface area contributed by atoms with Crippen molar-refractivity contribution in [1.82, 2.24) is 4.98 Å². The van der Waals surface area contributed by atoms with Crippen LogP contribution < -0.4 is 5.14 Å². The molecule has 0 aliphatic rings. The monoisotopic (exact) mass is 406 g/mol. The predicted molar refractivity (Wildman–Crippen MR) is 69.7 cm³/mol. The molecular formula is C7H8Br2N2O4S2. The van der Waals surface area contributed by atoms with Gasteiger partial charge in [0.2, 0.25) is 10.0 Å². The summed E-state index contributed by atoms with van der Waals surface area (Å²) >= 11 is 6.18. The van der Waals surface area contributed by atoms with Gasteiger partial charge >= 0.3 is 0 Å². The van der Waals surface area contributed by atoms with Crippen LogP contribution in [0, 0.1) is 0 Å². The van der Waals surface area contributed by atoms with Crippen LogP contribution in [0.15, 0.2) is 26.2 Å². The fourth-order valence-corrected chi connectivity index (χ4v) is 5.25. The summed E-state index contributed by atoms with van der Waals surface area (Å²) in [6.07, 6.45) is 1.31. The lowest BCUT2D eigenvalue weighted by Gasteiger charge is -2.05. The molecule has 10 heteroatoms. The second kappa shape index (κ2) is 5.31. The Kier molecular flexibility index (Phi) is 4.69. The highest BCUT2D eigenvalue weighted by Gasteiger charge is 2.21. The Balaban J connectivity index is 3.06. The Hall–Kier alpha value is -0.0300. The van der Waals surface area contributed by atoms with Gasteiger partial charge in [-0.15, -0.1) is 0 Å². The zero-order valence-corrected chi connectivity index (χ0v) is 13.1. The molecule has 0 bridgehead atoms. The number of nitrogens with two attached hydrogens (primary N) is 1. The number of sulfonamides is 1. The van der Waals surface area contributed by atoms with Crippen molar-refractivity contribution in [3.8, 4) is 0 Å². The first-order valence-corrected chi connectivity index (χ1v) is 9.11. The van der Waals surface area contributed by atoms with Crippen LogP contribution in [0.4, 0.5) is 0 Å². The van der Waals surface area contributed by atoms with E-state index in [1.807, 2.05) is 0 Å². The number of sulfone groups is 1. The highest BCUT2D eigenvalue weighted by Crippen LogP contribution is 2.24. The normalized spacial score (nSPS) is 12.6. The molecule has 0 saturated carbocycles. The second-order valence-corrected chi connectivity index (χ2v) is 8.65. The molecule has 0 amide bonds. The molecule has 0 unspecified atom stereocenters. The van der Waals surface area contributed by atoms with Crippen molar-refractivity contribution in [2.75, 3.05) is 11.5 Å². The van der Waals surface area contributed by atoms with Gasteiger partial charge in [-0.25, -0.2) is 27.0 Å². The third kappa shape index (κ3) is 4.62. The van der Waals surface area contributed by atoms with Crippen LogP contribution in [-0.2, 0) is 19.9 Å². The minimum absolute atomic E-state index is 0.204. The number of halogens is 2. The summed E-state index contributed by atoms with van der Waals surface area (Å²) in [4.78, 5) is 3.73. The third-order valence-electron chi connectivity index (χ3n) is 1.71. The van der Waals surface area contributed by atoms with Crippen LogP contribution in [0.3, 0.4) is 0 Å². The molecule has 0 aliphatic heterocycles. The fraction of sp³-hybridized carbons (Fsp3) is 0.286. The van der Waals surface area contributed by atoms with Gasteiger partial charge in [-0.3, -0.25) is 0 Å². The third-order valence-corrected chi connectivity index (χ3v) is 5.69. The summed E-state index contributed by atoms with van der Waals surface area (Å²) in [7, 11) is -7.60. The summed E-state index contributed by atoms with van der Waals surface area (Å²) in [6.45, 7) is 0. The van der Waals surface area contributed by atoms with Crippen LogP contribution in [0.2, 0.25) is 0 Å². The summed E-state index contributed by atoms with van der Waals surface area (Å²) in [6, 6.07) is 1.51. The number of primary sulfonamides is 1. The van der Waals surface area contributed by atoms with Gasteiger partial charge in [0.25, 0.3) is 0 Å². The maximum absolute atomic E-state index is 11.8. The van der Waals surface area contributed by atoms with Crippen molar-refractivity contribution in [2.24, 2.45) is 5.14 Å². The molecular weight excluding hydrogens is 400 g/mol. The van der Waals surface area contributed by atoms with Gasteiger partial charge in [-0.1, -0.05) is 0 Å². The Bertz CT molecular complexity index is 627.